The molecule has 2 N–H and O–H groups in total. The Hall–Kier alpha value is -3.28. The van der Waals surface area contributed by atoms with Crippen molar-refractivity contribution in [2.45, 2.75) is 53.0 Å². The van der Waals surface area contributed by atoms with E-state index in [1.165, 1.54) is 5.56 Å². The van der Waals surface area contributed by atoms with E-state index in [9.17, 15) is 9.59 Å². The lowest BCUT2D eigenvalue weighted by Crippen LogP contribution is -2.32. The Bertz CT molecular complexity index is 1070. The van der Waals surface area contributed by atoms with E-state index in [1.54, 1.807) is 31.5 Å². The fourth-order valence-electron chi connectivity index (χ4n) is 3.63. The number of H-pyrrole nitrogens is 1. The quantitative estimate of drug-likeness (QED) is 0.575. The smallest absolute Gasteiger partial charge is 0.254 e. The number of nitrogens with zero attached hydrogens (tertiary/aromatic N) is 2. The molecule has 0 spiro atoms. The van der Waals surface area contributed by atoms with Crippen LogP contribution in [0.3, 0.4) is 0 Å². The van der Waals surface area contributed by atoms with Gasteiger partial charge in [0.05, 0.1) is 6.04 Å². The summed E-state index contributed by atoms with van der Waals surface area (Å²) in [6.45, 7) is 8.11. The number of nitrogens with one attached hydrogen (secondary N) is 2. The van der Waals surface area contributed by atoms with Crippen molar-refractivity contribution in [2.24, 2.45) is 5.92 Å². The average Bonchev–Trinajstić information content (AvgIpc) is 2.77. The summed E-state index contributed by atoms with van der Waals surface area (Å²) in [5.41, 5.74) is 4.14. The number of carbonyl (C=O) groups excluding carboxylic acids is 1. The maximum Gasteiger partial charge on any atom is 0.254 e. The minimum absolute atomic E-state index is 0.0648. The molecule has 1 aromatic carbocycles. The van der Waals surface area contributed by atoms with Gasteiger partial charge in [0.25, 0.3) is 5.56 Å². The number of aromatic amines is 1. The molecule has 2 heterocycles. The van der Waals surface area contributed by atoms with Gasteiger partial charge >= 0.3 is 0 Å². The third-order valence-electron chi connectivity index (χ3n) is 5.51. The zero-order valence-electron chi connectivity index (χ0n) is 18.6. The Morgan fingerprint density at radius 2 is 1.77 bits per heavy atom. The second-order valence-electron chi connectivity index (χ2n) is 8.10. The van der Waals surface area contributed by atoms with E-state index < -0.39 is 0 Å². The second-order valence-corrected chi connectivity index (χ2v) is 8.10. The number of amides is 1. The van der Waals surface area contributed by atoms with Gasteiger partial charge in [-0.1, -0.05) is 45.0 Å². The SMILES string of the molecule is CCc1ccc([C@@H](NC(=O)CCc2c(C)nc(-c3ccncc3)[nH]c2=O)C(C)C)cc1. The van der Waals surface area contributed by atoms with Crippen molar-refractivity contribution >= 4 is 5.91 Å². The standard InChI is InChI=1S/C25H30N4O2/c1-5-18-6-8-19(9-7-18)23(16(2)3)28-22(30)11-10-21-17(4)27-24(29-25(21)31)20-12-14-26-15-13-20/h6-9,12-16,23H,5,10-11H2,1-4H3,(H,28,30)(H,27,29,31)/t23-/m0/s1. The molecule has 3 rings (SSSR count). The summed E-state index contributed by atoms with van der Waals surface area (Å²) >= 11 is 0. The number of hydrogen-bond acceptors (Lipinski definition) is 4. The van der Waals surface area contributed by atoms with Crippen LogP contribution >= 0.6 is 0 Å². The summed E-state index contributed by atoms with van der Waals surface area (Å²) in [4.78, 5) is 36.6. The average molecular weight is 419 g/mol. The number of pyridine rings is 1. The molecule has 1 atom stereocenters. The molecule has 3 aromatic rings. The van der Waals surface area contributed by atoms with Gasteiger partial charge in [0.2, 0.25) is 5.91 Å². The molecule has 0 aliphatic rings. The zero-order valence-corrected chi connectivity index (χ0v) is 18.6. The molecule has 31 heavy (non-hydrogen) atoms. The molecule has 0 unspecified atom stereocenters. The molecule has 162 valence electrons. The van der Waals surface area contributed by atoms with E-state index in [0.717, 1.165) is 17.5 Å². The van der Waals surface area contributed by atoms with Crippen molar-refractivity contribution in [3.05, 3.63) is 81.5 Å². The van der Waals surface area contributed by atoms with Crippen molar-refractivity contribution in [3.8, 4) is 11.4 Å². The highest BCUT2D eigenvalue weighted by Crippen LogP contribution is 2.22. The molecule has 0 radical (unpaired) electrons. The van der Waals surface area contributed by atoms with Gasteiger partial charge in [0.15, 0.2) is 0 Å². The van der Waals surface area contributed by atoms with Crippen LogP contribution in [0.2, 0.25) is 0 Å². The van der Waals surface area contributed by atoms with Crippen molar-refractivity contribution in [2.75, 3.05) is 0 Å². The second kappa shape index (κ2) is 10.2. The number of aromatic nitrogens is 3. The van der Waals surface area contributed by atoms with Gasteiger partial charge < -0.3 is 10.3 Å². The van der Waals surface area contributed by atoms with E-state index >= 15 is 0 Å². The van der Waals surface area contributed by atoms with Gasteiger partial charge in [-0.05, 0) is 48.9 Å². The van der Waals surface area contributed by atoms with Crippen molar-refractivity contribution in [3.63, 3.8) is 0 Å². The molecule has 6 heteroatoms. The molecule has 6 nitrogen and oxygen atoms in total. The first kappa shape index (κ1) is 22.4. The van der Waals surface area contributed by atoms with E-state index in [4.69, 9.17) is 0 Å². The summed E-state index contributed by atoms with van der Waals surface area (Å²) in [6, 6.07) is 11.9. The Morgan fingerprint density at radius 1 is 1.10 bits per heavy atom. The third-order valence-corrected chi connectivity index (χ3v) is 5.51. The van der Waals surface area contributed by atoms with Crippen LogP contribution in [0.5, 0.6) is 0 Å². The van der Waals surface area contributed by atoms with Gasteiger partial charge in [-0.3, -0.25) is 14.6 Å². The maximum absolute atomic E-state index is 12.7. The summed E-state index contributed by atoms with van der Waals surface area (Å²) in [6.07, 6.45) is 4.88. The summed E-state index contributed by atoms with van der Waals surface area (Å²) in [5.74, 6) is 0.687. The maximum atomic E-state index is 12.7. The molecule has 0 aliphatic heterocycles. The summed E-state index contributed by atoms with van der Waals surface area (Å²) < 4.78 is 0. The lowest BCUT2D eigenvalue weighted by molar-refractivity contribution is -0.122. The number of aryl methyl sites for hydroxylation is 2. The van der Waals surface area contributed by atoms with Crippen LogP contribution in [0.15, 0.2) is 53.6 Å². The molecule has 0 bridgehead atoms. The van der Waals surface area contributed by atoms with Crippen LogP contribution in [0.4, 0.5) is 0 Å². The fourth-order valence-corrected chi connectivity index (χ4v) is 3.63. The highest BCUT2D eigenvalue weighted by atomic mass is 16.1. The number of hydrogen-bond donors (Lipinski definition) is 2. The lowest BCUT2D eigenvalue weighted by atomic mass is 9.94. The molecule has 0 fully saturated rings. The van der Waals surface area contributed by atoms with Crippen LogP contribution < -0.4 is 10.9 Å². The predicted octanol–water partition coefficient (Wildman–Crippen LogP) is 4.15. The molecule has 1 amide bonds. The van der Waals surface area contributed by atoms with Crippen LogP contribution in [0.25, 0.3) is 11.4 Å². The van der Waals surface area contributed by atoms with Gasteiger partial charge in [-0.2, -0.15) is 0 Å². The highest BCUT2D eigenvalue weighted by Gasteiger charge is 2.19. The molecular weight excluding hydrogens is 388 g/mol. The molecule has 0 saturated carbocycles. The van der Waals surface area contributed by atoms with Gasteiger partial charge in [-0.15, -0.1) is 0 Å². The molecule has 2 aromatic heterocycles. The molecular formula is C25H30N4O2. The largest absolute Gasteiger partial charge is 0.349 e. The normalized spacial score (nSPS) is 12.0. The third kappa shape index (κ3) is 5.66. The van der Waals surface area contributed by atoms with Gasteiger partial charge in [0, 0.05) is 35.6 Å². The topological polar surface area (TPSA) is 87.7 Å². The van der Waals surface area contributed by atoms with Crippen LogP contribution in [-0.2, 0) is 17.6 Å². The minimum atomic E-state index is -0.206. The van der Waals surface area contributed by atoms with E-state index in [1.807, 2.05) is 0 Å². The monoisotopic (exact) mass is 418 g/mol. The summed E-state index contributed by atoms with van der Waals surface area (Å²) in [7, 11) is 0. The van der Waals surface area contributed by atoms with Crippen LogP contribution in [0.1, 0.15) is 55.6 Å². The molecule has 0 aliphatic carbocycles. The van der Waals surface area contributed by atoms with Gasteiger partial charge in [0.1, 0.15) is 5.82 Å². The predicted molar refractivity (Wildman–Crippen MR) is 123 cm³/mol. The Kier molecular flexibility index (Phi) is 7.34. The van der Waals surface area contributed by atoms with Crippen molar-refractivity contribution in [1.29, 1.82) is 0 Å². The first-order valence-electron chi connectivity index (χ1n) is 10.8. The van der Waals surface area contributed by atoms with E-state index in [-0.39, 0.29) is 29.8 Å². The van der Waals surface area contributed by atoms with Crippen molar-refractivity contribution < 1.29 is 4.79 Å². The number of carbonyl (C=O) groups is 1. The van der Waals surface area contributed by atoms with E-state index in [0.29, 0.717) is 23.5 Å². The first-order chi connectivity index (χ1) is 14.9. The number of benzene rings is 1. The summed E-state index contributed by atoms with van der Waals surface area (Å²) in [5, 5.41) is 3.14. The lowest BCUT2D eigenvalue weighted by Gasteiger charge is -2.23. The minimum Gasteiger partial charge on any atom is -0.349 e. The fraction of sp³-hybridized carbons (Fsp3) is 0.360. The van der Waals surface area contributed by atoms with Gasteiger partial charge in [-0.25, -0.2) is 4.98 Å². The number of rotatable bonds is 8. The Morgan fingerprint density at radius 3 is 2.35 bits per heavy atom. The highest BCUT2D eigenvalue weighted by molar-refractivity contribution is 5.76. The van der Waals surface area contributed by atoms with Crippen LogP contribution in [0, 0.1) is 12.8 Å². The Balaban J connectivity index is 1.68. The van der Waals surface area contributed by atoms with E-state index in [2.05, 4.69) is 65.3 Å². The first-order valence-corrected chi connectivity index (χ1v) is 10.8. The zero-order chi connectivity index (χ0) is 22.4. The molecule has 0 saturated heterocycles. The Labute approximate surface area is 183 Å². The van der Waals surface area contributed by atoms with Crippen LogP contribution in [-0.4, -0.2) is 20.9 Å². The van der Waals surface area contributed by atoms with Crippen molar-refractivity contribution in [1.82, 2.24) is 20.3 Å².